The molecular weight excluding hydrogens is 288 g/mol. The van der Waals surface area contributed by atoms with Crippen molar-refractivity contribution < 1.29 is 18.3 Å². The number of ether oxygens (including phenoxy) is 1. The Hall–Kier alpha value is -1.65. The second-order valence-electron chi connectivity index (χ2n) is 6.84. The van der Waals surface area contributed by atoms with Crippen LogP contribution in [0.3, 0.4) is 0 Å². The van der Waals surface area contributed by atoms with E-state index in [1.54, 1.807) is 20.8 Å². The van der Waals surface area contributed by atoms with E-state index in [1.807, 2.05) is 30.3 Å². The molecule has 1 heterocycles. The first-order valence-electron chi connectivity index (χ1n) is 7.57. The van der Waals surface area contributed by atoms with Gasteiger partial charge in [0.1, 0.15) is 5.60 Å². The lowest BCUT2D eigenvalue weighted by atomic mass is 9.87. The molecule has 1 atom stereocenters. The minimum absolute atomic E-state index is 0.279. The van der Waals surface area contributed by atoms with Crippen LogP contribution in [0, 0.1) is 5.92 Å². The highest BCUT2D eigenvalue weighted by Crippen LogP contribution is 2.35. The highest BCUT2D eigenvalue weighted by Gasteiger charge is 2.46. The van der Waals surface area contributed by atoms with Crippen molar-refractivity contribution in [3.8, 4) is 0 Å². The molecule has 0 aromatic heterocycles. The van der Waals surface area contributed by atoms with Crippen LogP contribution in [0.4, 0.5) is 13.6 Å². The predicted octanol–water partition coefficient (Wildman–Crippen LogP) is 4.12. The number of hydrogen-bond acceptors (Lipinski definition) is 2. The van der Waals surface area contributed by atoms with Crippen molar-refractivity contribution in [3.63, 3.8) is 0 Å². The maximum absolute atomic E-state index is 14.3. The number of benzene rings is 1. The van der Waals surface area contributed by atoms with Gasteiger partial charge in [-0.2, -0.15) is 0 Å². The average Bonchev–Trinajstić information content (AvgIpc) is 2.40. The first-order chi connectivity index (χ1) is 10.2. The summed E-state index contributed by atoms with van der Waals surface area (Å²) in [5.74, 6) is -3.64. The number of carbonyl (C=O) groups is 1. The average molecular weight is 311 g/mol. The Balaban J connectivity index is 1.99. The second-order valence-corrected chi connectivity index (χ2v) is 6.84. The molecule has 1 fully saturated rings. The molecule has 1 aliphatic rings. The maximum atomic E-state index is 14.3. The molecule has 2 rings (SSSR count). The number of likely N-dealkylation sites (tertiary alicyclic amines) is 1. The van der Waals surface area contributed by atoms with Crippen molar-refractivity contribution in [2.75, 3.05) is 13.1 Å². The SMILES string of the molecule is CC(C)(C)OC(=O)N1CCC(Cc2ccccc2)C(F)(F)C1. The fourth-order valence-electron chi connectivity index (χ4n) is 2.62. The van der Waals surface area contributed by atoms with E-state index in [0.29, 0.717) is 13.0 Å². The van der Waals surface area contributed by atoms with Gasteiger partial charge in [0.2, 0.25) is 0 Å². The van der Waals surface area contributed by atoms with Crippen LogP contribution < -0.4 is 0 Å². The Labute approximate surface area is 130 Å². The third-order valence-corrected chi connectivity index (χ3v) is 3.72. The van der Waals surface area contributed by atoms with Gasteiger partial charge in [-0.15, -0.1) is 0 Å². The molecule has 1 aromatic carbocycles. The van der Waals surface area contributed by atoms with E-state index >= 15 is 0 Å². The van der Waals surface area contributed by atoms with Crippen LogP contribution in [0.1, 0.15) is 32.8 Å². The minimum Gasteiger partial charge on any atom is -0.444 e. The quantitative estimate of drug-likeness (QED) is 0.822. The van der Waals surface area contributed by atoms with E-state index in [-0.39, 0.29) is 6.42 Å². The van der Waals surface area contributed by atoms with Gasteiger partial charge in [-0.3, -0.25) is 0 Å². The number of carbonyl (C=O) groups excluding carboxylic acids is 1. The molecular formula is C17H23F2NO2. The van der Waals surface area contributed by atoms with E-state index in [9.17, 15) is 13.6 Å². The third-order valence-electron chi connectivity index (χ3n) is 3.72. The molecule has 1 saturated heterocycles. The summed E-state index contributed by atoms with van der Waals surface area (Å²) in [6, 6.07) is 9.28. The van der Waals surface area contributed by atoms with Crippen molar-refractivity contribution in [2.24, 2.45) is 5.92 Å². The Morgan fingerprint density at radius 1 is 1.32 bits per heavy atom. The van der Waals surface area contributed by atoms with Gasteiger partial charge >= 0.3 is 6.09 Å². The van der Waals surface area contributed by atoms with Gasteiger partial charge < -0.3 is 9.64 Å². The number of hydrogen-bond donors (Lipinski definition) is 0. The van der Waals surface area contributed by atoms with Crippen LogP contribution in [0.25, 0.3) is 0 Å². The van der Waals surface area contributed by atoms with Crippen molar-refractivity contribution in [3.05, 3.63) is 35.9 Å². The number of nitrogens with zero attached hydrogens (tertiary/aromatic N) is 1. The summed E-state index contributed by atoms with van der Waals surface area (Å²) in [6.07, 6.45) is -0.0535. The molecule has 0 N–H and O–H groups in total. The number of rotatable bonds is 2. The minimum atomic E-state index is -2.90. The summed E-state index contributed by atoms with van der Waals surface area (Å²) < 4.78 is 33.9. The zero-order valence-electron chi connectivity index (χ0n) is 13.3. The lowest BCUT2D eigenvalue weighted by Crippen LogP contribution is -2.52. The summed E-state index contributed by atoms with van der Waals surface area (Å²) in [5.41, 5.74) is 0.227. The maximum Gasteiger partial charge on any atom is 0.410 e. The van der Waals surface area contributed by atoms with E-state index in [4.69, 9.17) is 4.74 Å². The normalized spacial score (nSPS) is 21.5. The molecule has 0 radical (unpaired) electrons. The molecule has 0 spiro atoms. The molecule has 1 aromatic rings. The molecule has 0 aliphatic carbocycles. The zero-order valence-corrected chi connectivity index (χ0v) is 13.3. The highest BCUT2D eigenvalue weighted by molar-refractivity contribution is 5.68. The second kappa shape index (κ2) is 6.23. The lowest BCUT2D eigenvalue weighted by molar-refractivity contribution is -0.110. The molecule has 0 bridgehead atoms. The first kappa shape index (κ1) is 16.7. The fourth-order valence-corrected chi connectivity index (χ4v) is 2.62. The highest BCUT2D eigenvalue weighted by atomic mass is 19.3. The standard InChI is InChI=1S/C17H23F2NO2/c1-16(2,3)22-15(21)20-10-9-14(17(18,19)12-20)11-13-7-5-4-6-8-13/h4-8,14H,9-12H2,1-3H3. The van der Waals surface area contributed by atoms with Crippen molar-refractivity contribution in [1.82, 2.24) is 4.90 Å². The van der Waals surface area contributed by atoms with Crippen LogP contribution in [-0.2, 0) is 11.2 Å². The fraction of sp³-hybridized carbons (Fsp3) is 0.588. The molecule has 3 nitrogen and oxygen atoms in total. The predicted molar refractivity (Wildman–Crippen MR) is 81.0 cm³/mol. The van der Waals surface area contributed by atoms with Crippen LogP contribution in [-0.4, -0.2) is 35.6 Å². The summed E-state index contributed by atoms with van der Waals surface area (Å²) in [6.45, 7) is 4.92. The van der Waals surface area contributed by atoms with E-state index in [0.717, 1.165) is 10.5 Å². The molecule has 22 heavy (non-hydrogen) atoms. The first-order valence-corrected chi connectivity index (χ1v) is 7.57. The zero-order chi connectivity index (χ0) is 16.4. The topological polar surface area (TPSA) is 29.5 Å². The molecule has 5 heteroatoms. The monoisotopic (exact) mass is 311 g/mol. The van der Waals surface area contributed by atoms with Crippen molar-refractivity contribution >= 4 is 6.09 Å². The van der Waals surface area contributed by atoms with Gasteiger partial charge in [-0.25, -0.2) is 13.6 Å². The third kappa shape index (κ3) is 4.42. The molecule has 1 unspecified atom stereocenters. The smallest absolute Gasteiger partial charge is 0.410 e. The lowest BCUT2D eigenvalue weighted by Gasteiger charge is -2.38. The van der Waals surface area contributed by atoms with Gasteiger partial charge in [0.25, 0.3) is 5.92 Å². The number of piperidine rings is 1. The number of halogens is 2. The van der Waals surface area contributed by atoms with Gasteiger partial charge in [0.05, 0.1) is 6.54 Å². The Morgan fingerprint density at radius 3 is 2.50 bits per heavy atom. The van der Waals surface area contributed by atoms with Gasteiger partial charge in [0, 0.05) is 12.5 Å². The number of amides is 1. The number of alkyl halides is 2. The molecule has 0 saturated carbocycles. The summed E-state index contributed by atoms with van der Waals surface area (Å²) in [4.78, 5) is 13.1. The van der Waals surface area contributed by atoms with Crippen LogP contribution in [0.5, 0.6) is 0 Å². The van der Waals surface area contributed by atoms with Crippen LogP contribution in [0.2, 0.25) is 0 Å². The van der Waals surface area contributed by atoms with Crippen LogP contribution >= 0.6 is 0 Å². The summed E-state index contributed by atoms with van der Waals surface area (Å²) >= 11 is 0. The van der Waals surface area contributed by atoms with Crippen molar-refractivity contribution in [1.29, 1.82) is 0 Å². The van der Waals surface area contributed by atoms with E-state index in [1.165, 1.54) is 0 Å². The Morgan fingerprint density at radius 2 is 1.95 bits per heavy atom. The molecule has 122 valence electrons. The van der Waals surface area contributed by atoms with Gasteiger partial charge in [0.15, 0.2) is 0 Å². The Kier molecular flexibility index (Phi) is 4.73. The summed E-state index contributed by atoms with van der Waals surface area (Å²) in [5, 5.41) is 0. The van der Waals surface area contributed by atoms with E-state index < -0.39 is 30.1 Å². The Bertz CT molecular complexity index is 511. The molecule has 1 aliphatic heterocycles. The van der Waals surface area contributed by atoms with Crippen LogP contribution in [0.15, 0.2) is 30.3 Å². The van der Waals surface area contributed by atoms with Gasteiger partial charge in [-0.05, 0) is 39.2 Å². The summed E-state index contributed by atoms with van der Waals surface area (Å²) in [7, 11) is 0. The largest absolute Gasteiger partial charge is 0.444 e. The molecule has 1 amide bonds. The van der Waals surface area contributed by atoms with Crippen molar-refractivity contribution in [2.45, 2.75) is 45.1 Å². The van der Waals surface area contributed by atoms with Gasteiger partial charge in [-0.1, -0.05) is 30.3 Å². The van der Waals surface area contributed by atoms with E-state index in [2.05, 4.69) is 0 Å².